The molecule has 1 amide bonds. The van der Waals surface area contributed by atoms with Crippen LogP contribution in [0.25, 0.3) is 0 Å². The van der Waals surface area contributed by atoms with Gasteiger partial charge in [-0.3, -0.25) is 9.69 Å². The standard InChI is InChI=1S/C20H23FN2O2/c21-18-8-4-2-6-16(18)13-22-20(25)14-23(11-12-24)19-10-9-15-5-1-3-7-17(15)19/h1-8,19,24H,9-14H2,(H,22,25). The third kappa shape index (κ3) is 4.24. The van der Waals surface area contributed by atoms with Crippen molar-refractivity contribution in [3.63, 3.8) is 0 Å². The molecule has 0 spiro atoms. The minimum Gasteiger partial charge on any atom is -0.395 e. The van der Waals surface area contributed by atoms with Crippen LogP contribution in [0.3, 0.4) is 0 Å². The molecular weight excluding hydrogens is 319 g/mol. The number of benzene rings is 2. The van der Waals surface area contributed by atoms with Crippen LogP contribution < -0.4 is 5.32 Å². The fourth-order valence-corrected chi connectivity index (χ4v) is 3.46. The van der Waals surface area contributed by atoms with Crippen LogP contribution in [0.4, 0.5) is 4.39 Å². The first-order valence-electron chi connectivity index (χ1n) is 8.62. The highest BCUT2D eigenvalue weighted by atomic mass is 19.1. The van der Waals surface area contributed by atoms with E-state index >= 15 is 0 Å². The van der Waals surface area contributed by atoms with E-state index < -0.39 is 0 Å². The van der Waals surface area contributed by atoms with E-state index in [2.05, 4.69) is 17.4 Å². The summed E-state index contributed by atoms with van der Waals surface area (Å²) in [6.45, 7) is 0.791. The maximum Gasteiger partial charge on any atom is 0.234 e. The summed E-state index contributed by atoms with van der Waals surface area (Å²) in [4.78, 5) is 14.3. The highest BCUT2D eigenvalue weighted by molar-refractivity contribution is 5.78. The second kappa shape index (κ2) is 8.23. The number of carbonyl (C=O) groups is 1. The van der Waals surface area contributed by atoms with Crippen molar-refractivity contribution in [2.75, 3.05) is 19.7 Å². The molecule has 0 fully saturated rings. The number of halogens is 1. The van der Waals surface area contributed by atoms with Crippen LogP contribution in [-0.4, -0.2) is 35.6 Å². The molecule has 0 saturated carbocycles. The lowest BCUT2D eigenvalue weighted by Gasteiger charge is -2.28. The van der Waals surface area contributed by atoms with Crippen LogP contribution in [0, 0.1) is 5.82 Å². The predicted molar refractivity (Wildman–Crippen MR) is 94.4 cm³/mol. The smallest absolute Gasteiger partial charge is 0.234 e. The van der Waals surface area contributed by atoms with Crippen LogP contribution >= 0.6 is 0 Å². The summed E-state index contributed by atoms with van der Waals surface area (Å²) in [7, 11) is 0. The van der Waals surface area contributed by atoms with Crippen molar-refractivity contribution in [2.45, 2.75) is 25.4 Å². The molecule has 0 saturated heterocycles. The van der Waals surface area contributed by atoms with Gasteiger partial charge in [0, 0.05) is 24.7 Å². The summed E-state index contributed by atoms with van der Waals surface area (Å²) in [5.74, 6) is -0.485. The molecule has 132 valence electrons. The number of nitrogens with one attached hydrogen (secondary N) is 1. The molecule has 25 heavy (non-hydrogen) atoms. The van der Waals surface area contributed by atoms with Crippen LogP contribution in [0.2, 0.25) is 0 Å². The first-order valence-corrected chi connectivity index (χ1v) is 8.62. The van der Waals surface area contributed by atoms with Gasteiger partial charge in [-0.2, -0.15) is 0 Å². The number of nitrogens with zero attached hydrogens (tertiary/aromatic N) is 1. The quantitative estimate of drug-likeness (QED) is 0.813. The minimum absolute atomic E-state index is 0.000734. The zero-order chi connectivity index (χ0) is 17.6. The van der Waals surface area contributed by atoms with Crippen molar-refractivity contribution in [3.05, 3.63) is 71.0 Å². The van der Waals surface area contributed by atoms with Gasteiger partial charge in [-0.05, 0) is 30.0 Å². The number of rotatable bonds is 7. The molecule has 1 atom stereocenters. The summed E-state index contributed by atoms with van der Waals surface area (Å²) in [5.41, 5.74) is 3.01. The number of carbonyl (C=O) groups excluding carboxylic acids is 1. The van der Waals surface area contributed by atoms with E-state index in [1.165, 1.54) is 17.2 Å². The van der Waals surface area contributed by atoms with Crippen molar-refractivity contribution >= 4 is 5.91 Å². The molecule has 5 heteroatoms. The van der Waals surface area contributed by atoms with Gasteiger partial charge in [0.15, 0.2) is 0 Å². The van der Waals surface area contributed by atoms with Crippen LogP contribution in [0.5, 0.6) is 0 Å². The SMILES string of the molecule is O=C(CN(CCO)C1CCc2ccccc21)NCc1ccccc1F. The molecule has 1 unspecified atom stereocenters. The van der Waals surface area contributed by atoms with Gasteiger partial charge in [-0.15, -0.1) is 0 Å². The third-order valence-corrected chi connectivity index (χ3v) is 4.71. The van der Waals surface area contributed by atoms with E-state index in [0.29, 0.717) is 12.1 Å². The molecule has 2 aromatic rings. The molecule has 4 nitrogen and oxygen atoms in total. The first-order chi connectivity index (χ1) is 12.2. The minimum atomic E-state index is -0.320. The van der Waals surface area contributed by atoms with E-state index in [4.69, 9.17) is 0 Å². The van der Waals surface area contributed by atoms with Gasteiger partial charge in [0.25, 0.3) is 0 Å². The molecule has 0 aromatic heterocycles. The molecule has 0 radical (unpaired) electrons. The van der Waals surface area contributed by atoms with Gasteiger partial charge < -0.3 is 10.4 Å². The van der Waals surface area contributed by atoms with E-state index in [9.17, 15) is 14.3 Å². The molecule has 0 bridgehead atoms. The van der Waals surface area contributed by atoms with Gasteiger partial charge >= 0.3 is 0 Å². The van der Waals surface area contributed by atoms with Crippen molar-refractivity contribution in [3.8, 4) is 0 Å². The Morgan fingerprint density at radius 1 is 1.20 bits per heavy atom. The Morgan fingerprint density at radius 2 is 1.96 bits per heavy atom. The lowest BCUT2D eigenvalue weighted by atomic mass is 10.1. The summed E-state index contributed by atoms with van der Waals surface area (Å²) in [5, 5.41) is 12.2. The van der Waals surface area contributed by atoms with Gasteiger partial charge in [0.2, 0.25) is 5.91 Å². The molecular formula is C20H23FN2O2. The Kier molecular flexibility index (Phi) is 5.79. The fraction of sp³-hybridized carbons (Fsp3) is 0.350. The number of fused-ring (bicyclic) bond motifs is 1. The number of hydrogen-bond acceptors (Lipinski definition) is 3. The summed E-state index contributed by atoms with van der Waals surface area (Å²) in [6.07, 6.45) is 1.93. The first kappa shape index (κ1) is 17.6. The number of hydrogen-bond donors (Lipinski definition) is 2. The number of aliphatic hydroxyl groups is 1. The van der Waals surface area contributed by atoms with Crippen molar-refractivity contribution in [1.29, 1.82) is 0 Å². The molecule has 1 aliphatic carbocycles. The second-order valence-corrected chi connectivity index (χ2v) is 6.32. The largest absolute Gasteiger partial charge is 0.395 e. The van der Waals surface area contributed by atoms with Gasteiger partial charge in [-0.1, -0.05) is 42.5 Å². The zero-order valence-corrected chi connectivity index (χ0v) is 14.1. The summed E-state index contributed by atoms with van der Waals surface area (Å²) >= 11 is 0. The van der Waals surface area contributed by atoms with Crippen molar-refractivity contribution in [1.82, 2.24) is 10.2 Å². The van der Waals surface area contributed by atoms with Crippen molar-refractivity contribution < 1.29 is 14.3 Å². The number of aliphatic hydroxyl groups excluding tert-OH is 1. The molecule has 3 rings (SSSR count). The Balaban J connectivity index is 1.62. The van der Waals surface area contributed by atoms with Gasteiger partial charge in [0.1, 0.15) is 5.82 Å². The molecule has 0 heterocycles. The average molecular weight is 342 g/mol. The molecule has 1 aliphatic rings. The predicted octanol–water partition coefficient (Wildman–Crippen LogP) is 2.42. The van der Waals surface area contributed by atoms with Gasteiger partial charge in [-0.25, -0.2) is 4.39 Å². The topological polar surface area (TPSA) is 52.6 Å². The highest BCUT2D eigenvalue weighted by Gasteiger charge is 2.28. The van der Waals surface area contributed by atoms with E-state index in [0.717, 1.165) is 12.8 Å². The molecule has 2 N–H and O–H groups in total. The Bertz CT molecular complexity index is 735. The number of amides is 1. The zero-order valence-electron chi connectivity index (χ0n) is 14.1. The Labute approximate surface area is 147 Å². The normalized spacial score (nSPS) is 16.0. The summed E-state index contributed by atoms with van der Waals surface area (Å²) < 4.78 is 13.6. The Morgan fingerprint density at radius 3 is 2.76 bits per heavy atom. The second-order valence-electron chi connectivity index (χ2n) is 6.32. The van der Waals surface area contributed by atoms with E-state index in [-0.39, 0.29) is 37.5 Å². The average Bonchev–Trinajstić information content (AvgIpc) is 3.05. The summed E-state index contributed by atoms with van der Waals surface area (Å²) in [6, 6.07) is 14.8. The fourth-order valence-electron chi connectivity index (χ4n) is 3.46. The van der Waals surface area contributed by atoms with E-state index in [1.54, 1.807) is 18.2 Å². The van der Waals surface area contributed by atoms with Crippen molar-refractivity contribution in [2.24, 2.45) is 0 Å². The van der Waals surface area contributed by atoms with Crippen LogP contribution in [-0.2, 0) is 17.8 Å². The third-order valence-electron chi connectivity index (χ3n) is 4.71. The highest BCUT2D eigenvalue weighted by Crippen LogP contribution is 2.35. The maximum atomic E-state index is 13.6. The molecule has 2 aromatic carbocycles. The van der Waals surface area contributed by atoms with E-state index in [1.807, 2.05) is 17.0 Å². The molecule has 0 aliphatic heterocycles. The lowest BCUT2D eigenvalue weighted by Crippen LogP contribution is -2.40. The monoisotopic (exact) mass is 342 g/mol. The van der Waals surface area contributed by atoms with Crippen LogP contribution in [0.15, 0.2) is 48.5 Å². The Hall–Kier alpha value is -2.24. The maximum absolute atomic E-state index is 13.6. The lowest BCUT2D eigenvalue weighted by molar-refractivity contribution is -0.123. The van der Waals surface area contributed by atoms with Gasteiger partial charge in [0.05, 0.1) is 13.2 Å². The number of aryl methyl sites for hydroxylation is 1. The van der Waals surface area contributed by atoms with Crippen LogP contribution in [0.1, 0.15) is 29.2 Å².